The maximum Gasteiger partial charge on any atom is 0.306 e. The van der Waals surface area contributed by atoms with Crippen molar-refractivity contribution in [3.05, 3.63) is 18.0 Å². The van der Waals surface area contributed by atoms with Gasteiger partial charge in [0.05, 0.1) is 12.1 Å². The number of aliphatic carboxylic acids is 1. The molecule has 0 radical (unpaired) electrons. The van der Waals surface area contributed by atoms with Gasteiger partial charge in [-0.25, -0.2) is 0 Å². The van der Waals surface area contributed by atoms with Crippen LogP contribution in [0, 0.1) is 5.92 Å². The van der Waals surface area contributed by atoms with E-state index in [1.54, 1.807) is 10.9 Å². The molecule has 0 saturated carbocycles. The number of nitrogens with zero attached hydrogens (tertiary/aromatic N) is 2. The van der Waals surface area contributed by atoms with Crippen molar-refractivity contribution in [2.24, 2.45) is 13.0 Å². The van der Waals surface area contributed by atoms with Crippen molar-refractivity contribution in [1.82, 2.24) is 15.1 Å². The fourth-order valence-corrected chi connectivity index (χ4v) is 2.02. The third-order valence-corrected chi connectivity index (χ3v) is 2.88. The third-order valence-electron chi connectivity index (χ3n) is 2.88. The number of aryl methyl sites for hydroxylation is 1. The number of carbonyl (C=O) groups is 1. The molecule has 2 heterocycles. The molecule has 2 unspecified atom stereocenters. The molecular formula is C10H15N3O2. The summed E-state index contributed by atoms with van der Waals surface area (Å²) in [6.45, 7) is 0.760. The smallest absolute Gasteiger partial charge is 0.306 e. The van der Waals surface area contributed by atoms with Gasteiger partial charge in [0.25, 0.3) is 0 Å². The Morgan fingerprint density at radius 3 is 3.13 bits per heavy atom. The molecule has 0 spiro atoms. The van der Waals surface area contributed by atoms with Crippen LogP contribution in [0.25, 0.3) is 0 Å². The van der Waals surface area contributed by atoms with Gasteiger partial charge < -0.3 is 10.4 Å². The second kappa shape index (κ2) is 4.02. The maximum atomic E-state index is 10.9. The lowest BCUT2D eigenvalue weighted by molar-refractivity contribution is -0.143. The molecule has 15 heavy (non-hydrogen) atoms. The van der Waals surface area contributed by atoms with Crippen LogP contribution in [0.1, 0.15) is 24.4 Å². The molecule has 0 aliphatic carbocycles. The highest BCUT2D eigenvalue weighted by Crippen LogP contribution is 2.26. The SMILES string of the molecule is Cn1cc(C2CC(C(=O)O)CCN2)cn1. The highest BCUT2D eigenvalue weighted by Gasteiger charge is 2.27. The van der Waals surface area contributed by atoms with Gasteiger partial charge in [0.15, 0.2) is 0 Å². The van der Waals surface area contributed by atoms with E-state index in [0.717, 1.165) is 12.1 Å². The van der Waals surface area contributed by atoms with Gasteiger partial charge in [-0.3, -0.25) is 9.48 Å². The van der Waals surface area contributed by atoms with Gasteiger partial charge in [0, 0.05) is 24.8 Å². The molecular weight excluding hydrogens is 194 g/mol. The predicted molar refractivity (Wildman–Crippen MR) is 54.3 cm³/mol. The minimum atomic E-state index is -0.689. The number of carboxylic acid groups (broad SMARTS) is 1. The minimum Gasteiger partial charge on any atom is -0.481 e. The number of carboxylic acids is 1. The Kier molecular flexibility index (Phi) is 2.73. The average molecular weight is 209 g/mol. The Morgan fingerprint density at radius 2 is 2.53 bits per heavy atom. The van der Waals surface area contributed by atoms with Crippen molar-refractivity contribution in [2.75, 3.05) is 6.54 Å². The van der Waals surface area contributed by atoms with Crippen molar-refractivity contribution in [1.29, 1.82) is 0 Å². The van der Waals surface area contributed by atoms with Gasteiger partial charge in [0.1, 0.15) is 0 Å². The first-order valence-electron chi connectivity index (χ1n) is 5.11. The summed E-state index contributed by atoms with van der Waals surface area (Å²) in [5.74, 6) is -0.915. The topological polar surface area (TPSA) is 67.2 Å². The molecule has 0 aromatic carbocycles. The zero-order valence-corrected chi connectivity index (χ0v) is 8.68. The van der Waals surface area contributed by atoms with Crippen molar-refractivity contribution in [3.8, 4) is 0 Å². The first-order valence-corrected chi connectivity index (χ1v) is 5.11. The van der Waals surface area contributed by atoms with Crippen molar-refractivity contribution in [2.45, 2.75) is 18.9 Å². The van der Waals surface area contributed by atoms with E-state index < -0.39 is 5.97 Å². The van der Waals surface area contributed by atoms with Crippen LogP contribution in [-0.4, -0.2) is 27.4 Å². The fourth-order valence-electron chi connectivity index (χ4n) is 2.02. The normalized spacial score (nSPS) is 26.5. The van der Waals surface area contributed by atoms with Gasteiger partial charge in [-0.2, -0.15) is 5.10 Å². The van der Waals surface area contributed by atoms with E-state index in [1.165, 1.54) is 0 Å². The summed E-state index contributed by atoms with van der Waals surface area (Å²) in [7, 11) is 1.86. The van der Waals surface area contributed by atoms with Gasteiger partial charge in [0.2, 0.25) is 0 Å². The second-order valence-electron chi connectivity index (χ2n) is 4.01. The largest absolute Gasteiger partial charge is 0.481 e. The summed E-state index contributed by atoms with van der Waals surface area (Å²) in [6.07, 6.45) is 5.09. The minimum absolute atomic E-state index is 0.133. The fraction of sp³-hybridized carbons (Fsp3) is 0.600. The van der Waals surface area contributed by atoms with Crippen LogP contribution in [0.3, 0.4) is 0 Å². The van der Waals surface area contributed by atoms with Gasteiger partial charge >= 0.3 is 5.97 Å². The van der Waals surface area contributed by atoms with Crippen LogP contribution < -0.4 is 5.32 Å². The summed E-state index contributed by atoms with van der Waals surface area (Å²) < 4.78 is 1.74. The molecule has 0 bridgehead atoms. The summed E-state index contributed by atoms with van der Waals surface area (Å²) in [5, 5.41) is 16.4. The molecule has 1 fully saturated rings. The molecule has 5 heteroatoms. The van der Waals surface area contributed by atoms with E-state index in [1.807, 2.05) is 13.2 Å². The van der Waals surface area contributed by atoms with Gasteiger partial charge in [-0.1, -0.05) is 0 Å². The number of hydrogen-bond donors (Lipinski definition) is 2. The van der Waals surface area contributed by atoms with E-state index in [0.29, 0.717) is 12.8 Å². The Morgan fingerprint density at radius 1 is 1.73 bits per heavy atom. The highest BCUT2D eigenvalue weighted by molar-refractivity contribution is 5.70. The zero-order chi connectivity index (χ0) is 10.8. The highest BCUT2D eigenvalue weighted by atomic mass is 16.4. The molecule has 1 aliphatic rings. The number of nitrogens with one attached hydrogen (secondary N) is 1. The summed E-state index contributed by atoms with van der Waals surface area (Å²) in [6, 6.07) is 0.133. The molecule has 1 aliphatic heterocycles. The van der Waals surface area contributed by atoms with Crippen LogP contribution >= 0.6 is 0 Å². The van der Waals surface area contributed by atoms with Crippen molar-refractivity contribution < 1.29 is 9.90 Å². The lowest BCUT2D eigenvalue weighted by Gasteiger charge is -2.27. The van der Waals surface area contributed by atoms with E-state index in [9.17, 15) is 4.79 Å². The van der Waals surface area contributed by atoms with Crippen molar-refractivity contribution in [3.63, 3.8) is 0 Å². The van der Waals surface area contributed by atoms with Crippen LogP contribution in [0.2, 0.25) is 0 Å². The molecule has 5 nitrogen and oxygen atoms in total. The molecule has 1 aromatic rings. The summed E-state index contributed by atoms with van der Waals surface area (Å²) in [4.78, 5) is 10.9. The molecule has 0 amide bonds. The molecule has 2 rings (SSSR count). The summed E-state index contributed by atoms with van der Waals surface area (Å²) >= 11 is 0. The zero-order valence-electron chi connectivity index (χ0n) is 8.68. The molecule has 1 saturated heterocycles. The number of piperidine rings is 1. The Bertz CT molecular complexity index is 361. The molecule has 2 N–H and O–H groups in total. The monoisotopic (exact) mass is 209 g/mol. The quantitative estimate of drug-likeness (QED) is 0.746. The lowest BCUT2D eigenvalue weighted by Crippen LogP contribution is -2.34. The average Bonchev–Trinajstić information content (AvgIpc) is 2.65. The molecule has 2 atom stereocenters. The predicted octanol–water partition coefficient (Wildman–Crippen LogP) is 0.545. The summed E-state index contributed by atoms with van der Waals surface area (Å²) in [5.41, 5.74) is 1.07. The Hall–Kier alpha value is -1.36. The Balaban J connectivity index is 2.07. The Labute approximate surface area is 88.1 Å². The number of hydrogen-bond acceptors (Lipinski definition) is 3. The van der Waals surface area contributed by atoms with Crippen molar-refractivity contribution >= 4 is 5.97 Å². The van der Waals surface area contributed by atoms with E-state index in [-0.39, 0.29) is 12.0 Å². The first-order chi connectivity index (χ1) is 7.16. The van der Waals surface area contributed by atoms with E-state index in [2.05, 4.69) is 10.4 Å². The van der Waals surface area contributed by atoms with Crippen LogP contribution in [0.5, 0.6) is 0 Å². The first kappa shape index (κ1) is 10.2. The molecule has 82 valence electrons. The van der Waals surface area contributed by atoms with Gasteiger partial charge in [-0.15, -0.1) is 0 Å². The third kappa shape index (κ3) is 2.18. The number of rotatable bonds is 2. The van der Waals surface area contributed by atoms with Crippen LogP contribution in [0.15, 0.2) is 12.4 Å². The number of aromatic nitrogens is 2. The maximum absolute atomic E-state index is 10.9. The van der Waals surface area contributed by atoms with E-state index in [4.69, 9.17) is 5.11 Å². The van der Waals surface area contributed by atoms with Crippen LogP contribution in [-0.2, 0) is 11.8 Å². The van der Waals surface area contributed by atoms with Crippen LogP contribution in [0.4, 0.5) is 0 Å². The van der Waals surface area contributed by atoms with Gasteiger partial charge in [-0.05, 0) is 19.4 Å². The second-order valence-corrected chi connectivity index (χ2v) is 4.01. The molecule has 1 aromatic heterocycles. The standard InChI is InChI=1S/C10H15N3O2/c1-13-6-8(5-12-13)9-4-7(10(14)15)2-3-11-9/h5-7,9,11H,2-4H2,1H3,(H,14,15). The lowest BCUT2D eigenvalue weighted by atomic mass is 9.90. The van der Waals surface area contributed by atoms with E-state index >= 15 is 0 Å².